The van der Waals surface area contributed by atoms with Crippen LogP contribution in [0.25, 0.3) is 11.2 Å². The van der Waals surface area contributed by atoms with Gasteiger partial charge in [-0.15, -0.1) is 0 Å². The number of rotatable bonds is 4. The second-order valence-electron chi connectivity index (χ2n) is 7.93. The molecule has 1 saturated heterocycles. The van der Waals surface area contributed by atoms with Crippen molar-refractivity contribution in [2.24, 2.45) is 0 Å². The Bertz CT molecular complexity index is 1320. The fraction of sp³-hybridized carbons (Fsp3) is 0.208. The van der Waals surface area contributed by atoms with Crippen LogP contribution in [0.2, 0.25) is 0 Å². The molecule has 4 aromatic rings. The number of carbonyl (C=O) groups excluding carboxylic acids is 1. The van der Waals surface area contributed by atoms with E-state index in [9.17, 15) is 18.0 Å². The molecule has 0 spiro atoms. The topological polar surface area (TPSA) is 63.1 Å². The van der Waals surface area contributed by atoms with Crippen LogP contribution in [0.15, 0.2) is 60.9 Å². The molecule has 1 unspecified atom stereocenters. The van der Waals surface area contributed by atoms with Crippen molar-refractivity contribution in [2.75, 3.05) is 11.4 Å². The van der Waals surface area contributed by atoms with E-state index in [2.05, 4.69) is 15.3 Å². The van der Waals surface area contributed by atoms with E-state index in [1.807, 2.05) is 4.90 Å². The third kappa shape index (κ3) is 4.13. The summed E-state index contributed by atoms with van der Waals surface area (Å²) < 4.78 is 42.6. The van der Waals surface area contributed by atoms with Crippen molar-refractivity contribution in [1.82, 2.24) is 19.9 Å². The number of hydrogen-bond acceptors (Lipinski definition) is 4. The van der Waals surface area contributed by atoms with Crippen LogP contribution in [0.3, 0.4) is 0 Å². The fourth-order valence-electron chi connectivity index (χ4n) is 4.19. The Labute approximate surface area is 187 Å². The predicted molar refractivity (Wildman–Crippen MR) is 117 cm³/mol. The SMILES string of the molecule is O=C(NCc1ccc(F)cc1)n1cnc2ccc(N3CCCC3c3cc(F)ccc3F)nc21. The minimum atomic E-state index is -0.488. The first kappa shape index (κ1) is 21.0. The minimum Gasteiger partial charge on any atom is -0.349 e. The van der Waals surface area contributed by atoms with E-state index in [0.717, 1.165) is 24.1 Å². The first-order valence-corrected chi connectivity index (χ1v) is 10.6. The molecule has 6 nitrogen and oxygen atoms in total. The molecular formula is C24H20F3N5O. The number of nitrogens with one attached hydrogen (secondary N) is 1. The Morgan fingerprint density at radius 3 is 2.64 bits per heavy atom. The average Bonchev–Trinajstić information content (AvgIpc) is 3.47. The van der Waals surface area contributed by atoms with E-state index in [1.165, 1.54) is 29.1 Å². The van der Waals surface area contributed by atoms with Gasteiger partial charge in [0.25, 0.3) is 0 Å². The highest BCUT2D eigenvalue weighted by atomic mass is 19.1. The Balaban J connectivity index is 1.41. The number of pyridine rings is 1. The van der Waals surface area contributed by atoms with Gasteiger partial charge in [-0.05, 0) is 60.9 Å². The van der Waals surface area contributed by atoms with E-state index in [-0.39, 0.29) is 18.4 Å². The average molecular weight is 451 g/mol. The van der Waals surface area contributed by atoms with Crippen molar-refractivity contribution in [3.8, 4) is 0 Å². The van der Waals surface area contributed by atoms with E-state index in [4.69, 9.17) is 0 Å². The van der Waals surface area contributed by atoms with Gasteiger partial charge in [-0.1, -0.05) is 12.1 Å². The maximum Gasteiger partial charge on any atom is 0.328 e. The van der Waals surface area contributed by atoms with Gasteiger partial charge in [0.2, 0.25) is 0 Å². The number of halogens is 3. The minimum absolute atomic E-state index is 0.214. The Hall–Kier alpha value is -3.88. The summed E-state index contributed by atoms with van der Waals surface area (Å²) in [5.74, 6) is -0.736. The Morgan fingerprint density at radius 1 is 1.03 bits per heavy atom. The van der Waals surface area contributed by atoms with Crippen molar-refractivity contribution in [2.45, 2.75) is 25.4 Å². The molecule has 1 N–H and O–H groups in total. The molecule has 0 saturated carbocycles. The summed E-state index contributed by atoms with van der Waals surface area (Å²) in [6.07, 6.45) is 2.85. The number of aromatic nitrogens is 3. The van der Waals surface area contributed by atoms with Crippen LogP contribution in [-0.4, -0.2) is 27.1 Å². The Morgan fingerprint density at radius 2 is 1.82 bits per heavy atom. The summed E-state index contributed by atoms with van der Waals surface area (Å²) in [4.78, 5) is 23.5. The summed E-state index contributed by atoms with van der Waals surface area (Å²) in [5.41, 5.74) is 1.93. The number of nitrogens with zero attached hydrogens (tertiary/aromatic N) is 4. The van der Waals surface area contributed by atoms with Crippen LogP contribution >= 0.6 is 0 Å². The second-order valence-corrected chi connectivity index (χ2v) is 7.93. The maximum absolute atomic E-state index is 14.4. The molecule has 1 amide bonds. The number of imidazole rings is 1. The zero-order valence-corrected chi connectivity index (χ0v) is 17.5. The van der Waals surface area contributed by atoms with Gasteiger partial charge in [-0.25, -0.2) is 32.5 Å². The van der Waals surface area contributed by atoms with Crippen molar-refractivity contribution in [3.05, 3.63) is 89.5 Å². The molecule has 1 aliphatic rings. The normalized spacial score (nSPS) is 15.8. The van der Waals surface area contributed by atoms with Crippen LogP contribution in [0.5, 0.6) is 0 Å². The fourth-order valence-corrected chi connectivity index (χ4v) is 4.19. The van der Waals surface area contributed by atoms with Crippen LogP contribution in [-0.2, 0) is 6.54 Å². The molecule has 2 aromatic heterocycles. The third-order valence-electron chi connectivity index (χ3n) is 5.82. The molecule has 0 aliphatic carbocycles. The number of carbonyl (C=O) groups is 1. The zero-order chi connectivity index (χ0) is 22.9. The lowest BCUT2D eigenvalue weighted by molar-refractivity contribution is 0.242. The molecule has 0 bridgehead atoms. The molecule has 1 fully saturated rings. The first-order valence-electron chi connectivity index (χ1n) is 10.6. The highest BCUT2D eigenvalue weighted by molar-refractivity contribution is 5.87. The summed E-state index contributed by atoms with van der Waals surface area (Å²) >= 11 is 0. The molecule has 168 valence electrons. The van der Waals surface area contributed by atoms with Crippen molar-refractivity contribution in [3.63, 3.8) is 0 Å². The van der Waals surface area contributed by atoms with Crippen LogP contribution < -0.4 is 10.2 Å². The van der Waals surface area contributed by atoms with Gasteiger partial charge >= 0.3 is 6.03 Å². The summed E-state index contributed by atoms with van der Waals surface area (Å²) in [6.45, 7) is 0.843. The molecule has 0 radical (unpaired) electrons. The van der Waals surface area contributed by atoms with Gasteiger partial charge in [0.05, 0.1) is 6.04 Å². The van der Waals surface area contributed by atoms with E-state index in [0.29, 0.717) is 35.5 Å². The molecule has 9 heteroatoms. The largest absolute Gasteiger partial charge is 0.349 e. The molecule has 1 aliphatic heterocycles. The number of fused-ring (bicyclic) bond motifs is 1. The summed E-state index contributed by atoms with van der Waals surface area (Å²) in [6, 6.07) is 12.0. The van der Waals surface area contributed by atoms with Crippen molar-refractivity contribution < 1.29 is 18.0 Å². The van der Waals surface area contributed by atoms with Gasteiger partial charge in [0.1, 0.15) is 35.1 Å². The van der Waals surface area contributed by atoms with Gasteiger partial charge in [-0.2, -0.15) is 0 Å². The van der Waals surface area contributed by atoms with Gasteiger partial charge < -0.3 is 10.2 Å². The van der Waals surface area contributed by atoms with E-state index in [1.54, 1.807) is 24.3 Å². The molecule has 1 atom stereocenters. The number of amides is 1. The third-order valence-corrected chi connectivity index (χ3v) is 5.82. The van der Waals surface area contributed by atoms with Crippen LogP contribution in [0.4, 0.5) is 23.8 Å². The zero-order valence-electron chi connectivity index (χ0n) is 17.5. The molecular weight excluding hydrogens is 431 g/mol. The summed E-state index contributed by atoms with van der Waals surface area (Å²) in [5, 5.41) is 2.77. The van der Waals surface area contributed by atoms with Gasteiger partial charge in [0.15, 0.2) is 5.65 Å². The lowest BCUT2D eigenvalue weighted by Crippen LogP contribution is -2.28. The molecule has 33 heavy (non-hydrogen) atoms. The lowest BCUT2D eigenvalue weighted by Gasteiger charge is -2.26. The van der Waals surface area contributed by atoms with E-state index < -0.39 is 17.7 Å². The van der Waals surface area contributed by atoms with Gasteiger partial charge in [-0.3, -0.25) is 0 Å². The summed E-state index contributed by atoms with van der Waals surface area (Å²) in [7, 11) is 0. The van der Waals surface area contributed by atoms with Gasteiger partial charge in [0, 0.05) is 18.7 Å². The monoisotopic (exact) mass is 451 g/mol. The lowest BCUT2D eigenvalue weighted by atomic mass is 10.0. The smallest absolute Gasteiger partial charge is 0.328 e. The van der Waals surface area contributed by atoms with E-state index >= 15 is 0 Å². The second kappa shape index (κ2) is 8.57. The number of hydrogen-bond donors (Lipinski definition) is 1. The van der Waals surface area contributed by atoms with Crippen LogP contribution in [0.1, 0.15) is 30.0 Å². The standard InChI is InChI=1S/C24H20F3N5O/c25-16-5-3-15(4-6-16)13-28-24(33)32-14-29-20-9-10-22(30-23(20)32)31-11-1-2-21(31)18-12-17(26)7-8-19(18)27/h3-10,12,14,21H,1-2,11,13H2,(H,28,33). The molecule has 3 heterocycles. The highest BCUT2D eigenvalue weighted by Gasteiger charge is 2.30. The highest BCUT2D eigenvalue weighted by Crippen LogP contribution is 2.37. The molecule has 2 aromatic carbocycles. The van der Waals surface area contributed by atoms with Crippen molar-refractivity contribution in [1.29, 1.82) is 0 Å². The van der Waals surface area contributed by atoms with Crippen molar-refractivity contribution >= 4 is 23.0 Å². The quantitative estimate of drug-likeness (QED) is 0.477. The molecule has 5 rings (SSSR count). The number of benzene rings is 2. The maximum atomic E-state index is 14.4. The predicted octanol–water partition coefficient (Wildman–Crippen LogP) is 4.95. The van der Waals surface area contributed by atoms with Crippen LogP contribution in [0, 0.1) is 17.5 Å². The number of anilines is 1. The Kier molecular flexibility index (Phi) is 5.45. The first-order chi connectivity index (χ1) is 16.0.